The Morgan fingerprint density at radius 1 is 1.22 bits per heavy atom. The molecule has 1 aliphatic rings. The van der Waals surface area contributed by atoms with Crippen molar-refractivity contribution in [3.8, 4) is 0 Å². The highest BCUT2D eigenvalue weighted by Crippen LogP contribution is 2.27. The fraction of sp³-hybridized carbons (Fsp3) is 0.625. The summed E-state index contributed by atoms with van der Waals surface area (Å²) in [6.45, 7) is 3.32. The van der Waals surface area contributed by atoms with Gasteiger partial charge in [-0.1, -0.05) is 31.9 Å². The zero-order valence-electron chi connectivity index (χ0n) is 11.7. The quantitative estimate of drug-likeness (QED) is 0.858. The first-order chi connectivity index (χ1) is 8.70. The standard InChI is InChI=1S/C16H26N2/c1-3-16(17)14-8-10-15(11-9-14)18(2)12-13-6-4-5-7-13/h8-11,13,16H,3-7,12,17H2,1-2H3/t16-/m1/s1. The van der Waals surface area contributed by atoms with Crippen molar-refractivity contribution in [1.82, 2.24) is 0 Å². The van der Waals surface area contributed by atoms with Gasteiger partial charge in [0.15, 0.2) is 0 Å². The van der Waals surface area contributed by atoms with E-state index >= 15 is 0 Å². The van der Waals surface area contributed by atoms with Crippen LogP contribution in [0.15, 0.2) is 24.3 Å². The summed E-state index contributed by atoms with van der Waals surface area (Å²) in [7, 11) is 2.20. The van der Waals surface area contributed by atoms with Crippen molar-refractivity contribution >= 4 is 5.69 Å². The van der Waals surface area contributed by atoms with E-state index in [-0.39, 0.29) is 6.04 Å². The smallest absolute Gasteiger partial charge is 0.0363 e. The predicted octanol–water partition coefficient (Wildman–Crippen LogP) is 3.72. The van der Waals surface area contributed by atoms with Gasteiger partial charge in [0, 0.05) is 25.3 Å². The SMILES string of the molecule is CC[C@@H](N)c1ccc(N(C)CC2CCCC2)cc1. The molecule has 18 heavy (non-hydrogen) atoms. The Balaban J connectivity index is 1.95. The van der Waals surface area contributed by atoms with E-state index in [4.69, 9.17) is 5.73 Å². The summed E-state index contributed by atoms with van der Waals surface area (Å²) in [4.78, 5) is 2.39. The van der Waals surface area contributed by atoms with Gasteiger partial charge in [-0.15, -0.1) is 0 Å². The second kappa shape index (κ2) is 6.24. The molecular formula is C16H26N2. The maximum atomic E-state index is 6.04. The fourth-order valence-electron chi connectivity index (χ4n) is 2.90. The second-order valence-corrected chi connectivity index (χ2v) is 5.64. The fourth-order valence-corrected chi connectivity index (χ4v) is 2.90. The van der Waals surface area contributed by atoms with Crippen molar-refractivity contribution in [3.05, 3.63) is 29.8 Å². The number of rotatable bonds is 5. The van der Waals surface area contributed by atoms with Crippen LogP contribution >= 0.6 is 0 Å². The molecule has 0 unspecified atom stereocenters. The molecule has 1 aliphatic carbocycles. The van der Waals surface area contributed by atoms with Crippen LogP contribution in [0.1, 0.15) is 50.6 Å². The number of benzene rings is 1. The Labute approximate surface area is 111 Å². The summed E-state index contributed by atoms with van der Waals surface area (Å²) >= 11 is 0. The third kappa shape index (κ3) is 3.26. The highest BCUT2D eigenvalue weighted by molar-refractivity contribution is 5.47. The summed E-state index contributed by atoms with van der Waals surface area (Å²) in [6.07, 6.45) is 6.65. The molecule has 0 heterocycles. The van der Waals surface area contributed by atoms with Crippen molar-refractivity contribution in [2.45, 2.75) is 45.1 Å². The van der Waals surface area contributed by atoms with E-state index in [2.05, 4.69) is 43.1 Å². The molecule has 2 heteroatoms. The van der Waals surface area contributed by atoms with Gasteiger partial charge in [-0.3, -0.25) is 0 Å². The van der Waals surface area contributed by atoms with Gasteiger partial charge < -0.3 is 10.6 Å². The van der Waals surface area contributed by atoms with E-state index in [0.717, 1.165) is 12.3 Å². The molecule has 0 amide bonds. The van der Waals surface area contributed by atoms with E-state index in [1.807, 2.05) is 0 Å². The molecule has 0 aromatic heterocycles. The van der Waals surface area contributed by atoms with E-state index < -0.39 is 0 Å². The molecule has 1 fully saturated rings. The summed E-state index contributed by atoms with van der Waals surface area (Å²) in [5.41, 5.74) is 8.60. The predicted molar refractivity (Wildman–Crippen MR) is 78.9 cm³/mol. The molecule has 1 saturated carbocycles. The van der Waals surface area contributed by atoms with Gasteiger partial charge in [-0.2, -0.15) is 0 Å². The lowest BCUT2D eigenvalue weighted by molar-refractivity contribution is 0.547. The first-order valence-electron chi connectivity index (χ1n) is 7.27. The van der Waals surface area contributed by atoms with Crippen LogP contribution in [0, 0.1) is 5.92 Å². The van der Waals surface area contributed by atoms with Gasteiger partial charge in [0.1, 0.15) is 0 Å². The van der Waals surface area contributed by atoms with E-state index in [1.165, 1.54) is 43.5 Å². The van der Waals surface area contributed by atoms with Crippen molar-refractivity contribution in [1.29, 1.82) is 0 Å². The van der Waals surface area contributed by atoms with E-state index in [0.29, 0.717) is 0 Å². The number of nitrogens with two attached hydrogens (primary N) is 1. The average Bonchev–Trinajstić information content (AvgIpc) is 2.91. The average molecular weight is 246 g/mol. The van der Waals surface area contributed by atoms with E-state index in [1.54, 1.807) is 0 Å². The number of hydrogen-bond acceptors (Lipinski definition) is 2. The first kappa shape index (κ1) is 13.4. The third-order valence-corrected chi connectivity index (χ3v) is 4.21. The molecule has 0 saturated heterocycles. The molecule has 0 aliphatic heterocycles. The maximum Gasteiger partial charge on any atom is 0.0363 e. The molecule has 0 spiro atoms. The summed E-state index contributed by atoms with van der Waals surface area (Å²) in [6, 6.07) is 8.95. The van der Waals surface area contributed by atoms with Crippen LogP contribution in [0.5, 0.6) is 0 Å². The van der Waals surface area contributed by atoms with Gasteiger partial charge >= 0.3 is 0 Å². The molecule has 1 aromatic rings. The Morgan fingerprint density at radius 2 is 1.83 bits per heavy atom. The van der Waals surface area contributed by atoms with Crippen molar-refractivity contribution in [3.63, 3.8) is 0 Å². The van der Waals surface area contributed by atoms with Crippen LogP contribution in [-0.4, -0.2) is 13.6 Å². The van der Waals surface area contributed by atoms with Gasteiger partial charge in [0.2, 0.25) is 0 Å². The van der Waals surface area contributed by atoms with Gasteiger partial charge in [0.05, 0.1) is 0 Å². The molecule has 1 aromatic carbocycles. The number of hydrogen-bond donors (Lipinski definition) is 1. The Kier molecular flexibility index (Phi) is 4.65. The Bertz CT molecular complexity index is 352. The Hall–Kier alpha value is -1.02. The van der Waals surface area contributed by atoms with Crippen molar-refractivity contribution in [2.24, 2.45) is 11.7 Å². The maximum absolute atomic E-state index is 6.04. The molecule has 0 radical (unpaired) electrons. The molecule has 2 nitrogen and oxygen atoms in total. The minimum Gasteiger partial charge on any atom is -0.374 e. The molecular weight excluding hydrogens is 220 g/mol. The second-order valence-electron chi connectivity index (χ2n) is 5.64. The minimum atomic E-state index is 0.180. The van der Waals surface area contributed by atoms with Gasteiger partial charge in [-0.05, 0) is 42.9 Å². The minimum absolute atomic E-state index is 0.180. The van der Waals surface area contributed by atoms with Crippen LogP contribution in [0.4, 0.5) is 5.69 Å². The summed E-state index contributed by atoms with van der Waals surface area (Å²) in [5, 5.41) is 0. The van der Waals surface area contributed by atoms with E-state index in [9.17, 15) is 0 Å². The highest BCUT2D eigenvalue weighted by Gasteiger charge is 2.17. The monoisotopic (exact) mass is 246 g/mol. The Morgan fingerprint density at radius 3 is 2.39 bits per heavy atom. The highest BCUT2D eigenvalue weighted by atomic mass is 15.1. The van der Waals surface area contributed by atoms with Crippen LogP contribution in [0.2, 0.25) is 0 Å². The largest absolute Gasteiger partial charge is 0.374 e. The van der Waals surface area contributed by atoms with Crippen molar-refractivity contribution < 1.29 is 0 Å². The normalized spacial score (nSPS) is 17.9. The van der Waals surface area contributed by atoms with Crippen molar-refractivity contribution in [2.75, 3.05) is 18.5 Å². The third-order valence-electron chi connectivity index (χ3n) is 4.21. The van der Waals surface area contributed by atoms with Gasteiger partial charge in [-0.25, -0.2) is 0 Å². The van der Waals surface area contributed by atoms with Crippen LogP contribution in [0.25, 0.3) is 0 Å². The lowest BCUT2D eigenvalue weighted by Gasteiger charge is -2.23. The molecule has 1 atom stereocenters. The lowest BCUT2D eigenvalue weighted by atomic mass is 10.0. The number of anilines is 1. The lowest BCUT2D eigenvalue weighted by Crippen LogP contribution is -2.24. The topological polar surface area (TPSA) is 29.3 Å². The number of nitrogens with zero attached hydrogens (tertiary/aromatic N) is 1. The van der Waals surface area contributed by atoms with Crippen LogP contribution < -0.4 is 10.6 Å². The summed E-state index contributed by atoms with van der Waals surface area (Å²) in [5.74, 6) is 0.896. The molecule has 2 rings (SSSR count). The first-order valence-corrected chi connectivity index (χ1v) is 7.27. The van der Waals surface area contributed by atoms with Gasteiger partial charge in [0.25, 0.3) is 0 Å². The van der Waals surface area contributed by atoms with Crippen LogP contribution in [-0.2, 0) is 0 Å². The van der Waals surface area contributed by atoms with Crippen LogP contribution in [0.3, 0.4) is 0 Å². The zero-order chi connectivity index (χ0) is 13.0. The molecule has 100 valence electrons. The zero-order valence-corrected chi connectivity index (χ0v) is 11.7. The summed E-state index contributed by atoms with van der Waals surface area (Å²) < 4.78 is 0. The molecule has 2 N–H and O–H groups in total. The molecule has 0 bridgehead atoms.